The molecule has 3 nitrogen and oxygen atoms in total. The Kier molecular flexibility index (Phi) is 6.27. The van der Waals surface area contributed by atoms with E-state index in [0.717, 1.165) is 50.9 Å². The number of aryl methyl sites for hydroxylation is 3. The third-order valence-corrected chi connectivity index (χ3v) is 6.08. The maximum absolute atomic E-state index is 9.40. The molecular formula is C31H23N3. The van der Waals surface area contributed by atoms with Crippen molar-refractivity contribution in [3.63, 3.8) is 0 Å². The summed E-state index contributed by atoms with van der Waals surface area (Å²) in [5.74, 6) is 0. The lowest BCUT2D eigenvalue weighted by atomic mass is 9.88. The van der Waals surface area contributed by atoms with Gasteiger partial charge < -0.3 is 0 Å². The molecule has 0 aliphatic heterocycles. The van der Waals surface area contributed by atoms with Gasteiger partial charge in [-0.2, -0.15) is 15.8 Å². The van der Waals surface area contributed by atoms with Gasteiger partial charge in [-0.25, -0.2) is 0 Å². The zero-order valence-corrected chi connectivity index (χ0v) is 19.5. The Morgan fingerprint density at radius 3 is 1.68 bits per heavy atom. The molecule has 0 aliphatic carbocycles. The van der Waals surface area contributed by atoms with E-state index in [1.807, 2.05) is 31.2 Å². The molecule has 0 amide bonds. The van der Waals surface area contributed by atoms with Crippen LogP contribution in [0.3, 0.4) is 0 Å². The van der Waals surface area contributed by atoms with Gasteiger partial charge in [0.2, 0.25) is 0 Å². The predicted molar refractivity (Wildman–Crippen MR) is 136 cm³/mol. The Balaban J connectivity index is 1.90. The van der Waals surface area contributed by atoms with Gasteiger partial charge in [-0.05, 0) is 113 Å². The molecule has 0 aliphatic rings. The molecule has 4 rings (SSSR count). The molecule has 0 N–H and O–H groups in total. The van der Waals surface area contributed by atoms with Gasteiger partial charge in [-0.1, -0.05) is 37.3 Å². The lowest BCUT2D eigenvalue weighted by Gasteiger charge is -2.16. The maximum atomic E-state index is 9.40. The Bertz CT molecular complexity index is 1510. The van der Waals surface area contributed by atoms with Crippen LogP contribution in [0.5, 0.6) is 0 Å². The van der Waals surface area contributed by atoms with Crippen LogP contribution >= 0.6 is 0 Å². The minimum atomic E-state index is 0.473. The first-order chi connectivity index (χ1) is 16.4. The van der Waals surface area contributed by atoms with E-state index in [4.69, 9.17) is 0 Å². The van der Waals surface area contributed by atoms with Crippen molar-refractivity contribution in [1.29, 1.82) is 15.8 Å². The topological polar surface area (TPSA) is 71.4 Å². The second-order valence-corrected chi connectivity index (χ2v) is 8.48. The Morgan fingerprint density at radius 2 is 1.09 bits per heavy atom. The Hall–Kier alpha value is -4.65. The number of nitriles is 3. The van der Waals surface area contributed by atoms with Crippen molar-refractivity contribution in [2.75, 3.05) is 0 Å². The minimum Gasteiger partial charge on any atom is -0.192 e. The van der Waals surface area contributed by atoms with Crippen LogP contribution in [0.1, 0.15) is 40.3 Å². The molecule has 0 aromatic heterocycles. The van der Waals surface area contributed by atoms with E-state index in [-0.39, 0.29) is 0 Å². The molecule has 0 fully saturated rings. The summed E-state index contributed by atoms with van der Waals surface area (Å²) in [7, 11) is 0. The van der Waals surface area contributed by atoms with Gasteiger partial charge in [0.25, 0.3) is 0 Å². The summed E-state index contributed by atoms with van der Waals surface area (Å²) in [5.41, 5.74) is 11.2. The highest BCUT2D eigenvalue weighted by atomic mass is 14.3. The van der Waals surface area contributed by atoms with Crippen molar-refractivity contribution in [2.45, 2.75) is 27.2 Å². The van der Waals surface area contributed by atoms with Crippen LogP contribution in [-0.4, -0.2) is 0 Å². The predicted octanol–water partition coefficient (Wildman–Crippen LogP) is 7.48. The van der Waals surface area contributed by atoms with Crippen molar-refractivity contribution in [3.05, 3.63) is 106 Å². The van der Waals surface area contributed by atoms with Crippen molar-refractivity contribution >= 4 is 0 Å². The lowest BCUT2D eigenvalue weighted by Crippen LogP contribution is -1.94. The van der Waals surface area contributed by atoms with E-state index in [2.05, 4.69) is 74.5 Å². The van der Waals surface area contributed by atoms with Crippen LogP contribution in [0.25, 0.3) is 33.4 Å². The zero-order valence-electron chi connectivity index (χ0n) is 19.5. The average Bonchev–Trinajstić information content (AvgIpc) is 2.87. The van der Waals surface area contributed by atoms with Gasteiger partial charge in [0.1, 0.15) is 0 Å². The zero-order chi connectivity index (χ0) is 24.2. The van der Waals surface area contributed by atoms with Crippen molar-refractivity contribution in [2.24, 2.45) is 0 Å². The first-order valence-electron chi connectivity index (χ1n) is 11.2. The smallest absolute Gasteiger partial charge is 0.0992 e. The van der Waals surface area contributed by atoms with E-state index in [0.29, 0.717) is 16.7 Å². The average molecular weight is 438 g/mol. The van der Waals surface area contributed by atoms with Crippen molar-refractivity contribution in [3.8, 4) is 51.6 Å². The molecule has 3 heteroatoms. The number of hydrogen-bond acceptors (Lipinski definition) is 3. The van der Waals surface area contributed by atoms with Gasteiger partial charge in [-0.15, -0.1) is 0 Å². The highest BCUT2D eigenvalue weighted by Gasteiger charge is 2.12. The molecule has 0 radical (unpaired) electrons. The molecule has 0 bridgehead atoms. The summed E-state index contributed by atoms with van der Waals surface area (Å²) in [6, 6.07) is 30.5. The fraction of sp³-hybridized carbons (Fsp3) is 0.129. The van der Waals surface area contributed by atoms with Crippen LogP contribution in [0.15, 0.2) is 72.8 Å². The summed E-state index contributed by atoms with van der Waals surface area (Å²) in [5, 5.41) is 28.2. The molecule has 4 aromatic carbocycles. The molecule has 0 unspecified atom stereocenters. The molecule has 0 atom stereocenters. The van der Waals surface area contributed by atoms with Gasteiger partial charge in [0, 0.05) is 0 Å². The molecule has 34 heavy (non-hydrogen) atoms. The molecule has 0 saturated carbocycles. The molecule has 0 saturated heterocycles. The van der Waals surface area contributed by atoms with Gasteiger partial charge in [-0.3, -0.25) is 0 Å². The fourth-order valence-electron chi connectivity index (χ4n) is 4.34. The first kappa shape index (κ1) is 22.5. The molecule has 0 spiro atoms. The molecular weight excluding hydrogens is 414 g/mol. The Morgan fingerprint density at radius 1 is 0.559 bits per heavy atom. The maximum Gasteiger partial charge on any atom is 0.0992 e. The van der Waals surface area contributed by atoms with E-state index < -0.39 is 0 Å². The second-order valence-electron chi connectivity index (χ2n) is 8.48. The molecule has 4 aromatic rings. The van der Waals surface area contributed by atoms with E-state index in [9.17, 15) is 15.8 Å². The van der Waals surface area contributed by atoms with E-state index in [1.54, 1.807) is 6.07 Å². The quantitative estimate of drug-likeness (QED) is 0.332. The normalized spacial score (nSPS) is 10.2. The first-order valence-corrected chi connectivity index (χ1v) is 11.2. The van der Waals surface area contributed by atoms with Gasteiger partial charge >= 0.3 is 0 Å². The third kappa shape index (κ3) is 4.45. The number of benzene rings is 4. The summed E-state index contributed by atoms with van der Waals surface area (Å²) >= 11 is 0. The van der Waals surface area contributed by atoms with Crippen molar-refractivity contribution < 1.29 is 0 Å². The highest BCUT2D eigenvalue weighted by molar-refractivity contribution is 5.81. The van der Waals surface area contributed by atoms with Crippen molar-refractivity contribution in [1.82, 2.24) is 0 Å². The van der Waals surface area contributed by atoms with Gasteiger partial charge in [0.05, 0.1) is 34.9 Å². The van der Waals surface area contributed by atoms with Crippen LogP contribution in [0.4, 0.5) is 0 Å². The van der Waals surface area contributed by atoms with Crippen LogP contribution in [0, 0.1) is 47.8 Å². The van der Waals surface area contributed by atoms with Crippen LogP contribution in [-0.2, 0) is 6.42 Å². The number of nitrogens with zero attached hydrogens (tertiary/aromatic N) is 3. The number of hydrogen-bond donors (Lipinski definition) is 0. The second kappa shape index (κ2) is 9.46. The third-order valence-electron chi connectivity index (χ3n) is 6.08. The Labute approximate surface area is 200 Å². The summed E-state index contributed by atoms with van der Waals surface area (Å²) in [6.07, 6.45) is 0.879. The fourth-order valence-corrected chi connectivity index (χ4v) is 4.34. The molecule has 162 valence electrons. The summed E-state index contributed by atoms with van der Waals surface area (Å²) < 4.78 is 0. The minimum absolute atomic E-state index is 0.473. The summed E-state index contributed by atoms with van der Waals surface area (Å²) in [6.45, 7) is 6.25. The summed E-state index contributed by atoms with van der Waals surface area (Å²) in [4.78, 5) is 0. The number of rotatable bonds is 4. The highest BCUT2D eigenvalue weighted by Crippen LogP contribution is 2.35. The van der Waals surface area contributed by atoms with Gasteiger partial charge in [0.15, 0.2) is 0 Å². The van der Waals surface area contributed by atoms with Crippen LogP contribution in [0.2, 0.25) is 0 Å². The van der Waals surface area contributed by atoms with E-state index >= 15 is 0 Å². The monoisotopic (exact) mass is 437 g/mol. The van der Waals surface area contributed by atoms with E-state index in [1.165, 1.54) is 5.56 Å². The SMILES string of the molecule is CCc1ccc(-c2cc(C#N)cc(C#N)c2)cc1-c1cc(-c2cc(C)cc(C#N)c2)ccc1C. The lowest BCUT2D eigenvalue weighted by molar-refractivity contribution is 1.14. The standard InChI is InChI=1S/C31H23N3/c1-4-25-7-8-27(29-13-23(18-33)11-24(14-29)19-34)16-31(25)30-15-26(6-5-21(30)3)28-10-20(2)9-22(12-28)17-32/h5-16H,4H2,1-3H3. The largest absolute Gasteiger partial charge is 0.192 e. The molecule has 0 heterocycles. The van der Waals surface area contributed by atoms with Crippen LogP contribution < -0.4 is 0 Å².